The number of hydrogen-bond acceptors (Lipinski definition) is 1. The lowest BCUT2D eigenvalue weighted by Gasteiger charge is -2.27. The van der Waals surface area contributed by atoms with E-state index in [0.29, 0.717) is 0 Å². The molecule has 1 unspecified atom stereocenters. The van der Waals surface area contributed by atoms with Crippen molar-refractivity contribution in [3.05, 3.63) is 88.5 Å². The van der Waals surface area contributed by atoms with E-state index in [-0.39, 0.29) is 11.3 Å². The van der Waals surface area contributed by atoms with Gasteiger partial charge in [0.25, 0.3) is 0 Å². The van der Waals surface area contributed by atoms with E-state index >= 15 is 0 Å². The highest BCUT2D eigenvalue weighted by Gasteiger charge is 2.27. The van der Waals surface area contributed by atoms with Gasteiger partial charge in [-0.25, -0.2) is 0 Å². The second-order valence-electron chi connectivity index (χ2n) is 7.84. The van der Waals surface area contributed by atoms with Crippen LogP contribution in [0.25, 0.3) is 16.8 Å². The molecule has 0 saturated heterocycles. The summed E-state index contributed by atoms with van der Waals surface area (Å²) in [7, 11) is 0. The van der Waals surface area contributed by atoms with Crippen molar-refractivity contribution in [1.82, 2.24) is 0 Å². The lowest BCUT2D eigenvalue weighted by atomic mass is 9.76. The van der Waals surface area contributed by atoms with Crippen LogP contribution in [0.15, 0.2) is 60.7 Å². The minimum absolute atomic E-state index is 0.0235. The third-order valence-corrected chi connectivity index (χ3v) is 5.15. The van der Waals surface area contributed by atoms with Crippen molar-refractivity contribution in [3.63, 3.8) is 0 Å². The molecular weight excluding hydrogens is 302 g/mol. The second kappa shape index (κ2) is 5.70. The molecule has 1 atom stereocenters. The Hall–Kier alpha value is -2.67. The van der Waals surface area contributed by atoms with Crippen molar-refractivity contribution in [1.29, 1.82) is 5.41 Å². The monoisotopic (exact) mass is 325 g/mol. The standard InChI is InChI=1S/C24H23N/c1-24(2,3)23-19-11-7-5-9-17(19)14-21(22(23)15-25)20-13-12-16-8-4-6-10-18(16)20/h4-15,20,25H,1-3H3. The molecule has 0 heterocycles. The lowest BCUT2D eigenvalue weighted by molar-refractivity contribution is 0.594. The zero-order valence-electron chi connectivity index (χ0n) is 15.0. The maximum Gasteiger partial charge on any atom is 0.0285 e. The molecule has 1 aliphatic rings. The van der Waals surface area contributed by atoms with E-state index in [2.05, 4.69) is 87.5 Å². The second-order valence-corrected chi connectivity index (χ2v) is 7.84. The number of nitrogens with one attached hydrogen (secondary N) is 1. The van der Waals surface area contributed by atoms with E-state index in [0.717, 1.165) is 5.56 Å². The Balaban J connectivity index is 2.06. The van der Waals surface area contributed by atoms with Gasteiger partial charge in [-0.2, -0.15) is 0 Å². The van der Waals surface area contributed by atoms with Crippen molar-refractivity contribution in [3.8, 4) is 0 Å². The van der Waals surface area contributed by atoms with Gasteiger partial charge >= 0.3 is 0 Å². The zero-order chi connectivity index (χ0) is 17.6. The maximum atomic E-state index is 8.18. The van der Waals surface area contributed by atoms with Crippen molar-refractivity contribution in [2.75, 3.05) is 0 Å². The molecule has 1 N–H and O–H groups in total. The summed E-state index contributed by atoms with van der Waals surface area (Å²) in [5, 5.41) is 10.7. The van der Waals surface area contributed by atoms with Gasteiger partial charge in [0.1, 0.15) is 0 Å². The molecule has 124 valence electrons. The molecule has 25 heavy (non-hydrogen) atoms. The first kappa shape index (κ1) is 15.8. The van der Waals surface area contributed by atoms with Gasteiger partial charge in [0.05, 0.1) is 0 Å². The molecule has 1 heteroatoms. The summed E-state index contributed by atoms with van der Waals surface area (Å²) in [6.45, 7) is 6.72. The van der Waals surface area contributed by atoms with E-state index in [1.165, 1.54) is 33.0 Å². The van der Waals surface area contributed by atoms with Gasteiger partial charge in [-0.3, -0.25) is 0 Å². The van der Waals surface area contributed by atoms with Gasteiger partial charge in [0.2, 0.25) is 0 Å². The number of benzene rings is 3. The summed E-state index contributed by atoms with van der Waals surface area (Å²) in [6, 6.07) is 19.4. The number of fused-ring (bicyclic) bond motifs is 2. The minimum atomic E-state index is -0.0235. The molecule has 3 aromatic rings. The molecule has 0 aliphatic heterocycles. The van der Waals surface area contributed by atoms with E-state index in [9.17, 15) is 0 Å². The van der Waals surface area contributed by atoms with Crippen LogP contribution in [0.5, 0.6) is 0 Å². The predicted octanol–water partition coefficient (Wildman–Crippen LogP) is 6.29. The van der Waals surface area contributed by atoms with Gasteiger partial charge < -0.3 is 5.41 Å². The molecule has 1 nitrogen and oxygen atoms in total. The highest BCUT2D eigenvalue weighted by atomic mass is 14.4. The van der Waals surface area contributed by atoms with Crippen LogP contribution in [0, 0.1) is 5.41 Å². The molecule has 1 aliphatic carbocycles. The molecule has 0 spiro atoms. The minimum Gasteiger partial charge on any atom is -0.308 e. The van der Waals surface area contributed by atoms with Gasteiger partial charge in [0, 0.05) is 17.7 Å². The van der Waals surface area contributed by atoms with Crippen molar-refractivity contribution >= 4 is 23.1 Å². The van der Waals surface area contributed by atoms with E-state index < -0.39 is 0 Å². The van der Waals surface area contributed by atoms with Crippen molar-refractivity contribution < 1.29 is 0 Å². The fraction of sp³-hybridized carbons (Fsp3) is 0.208. The summed E-state index contributed by atoms with van der Waals surface area (Å²) in [6.07, 6.45) is 6.03. The lowest BCUT2D eigenvalue weighted by Crippen LogP contribution is -2.17. The Kier molecular flexibility index (Phi) is 3.61. The highest BCUT2D eigenvalue weighted by molar-refractivity contribution is 5.97. The summed E-state index contributed by atoms with van der Waals surface area (Å²) >= 11 is 0. The molecule has 4 rings (SSSR count). The highest BCUT2D eigenvalue weighted by Crippen LogP contribution is 2.42. The van der Waals surface area contributed by atoms with Gasteiger partial charge in [-0.15, -0.1) is 0 Å². The third kappa shape index (κ3) is 2.51. The first-order valence-electron chi connectivity index (χ1n) is 8.84. The summed E-state index contributed by atoms with van der Waals surface area (Å²) in [5.74, 6) is 0.221. The largest absolute Gasteiger partial charge is 0.308 e. The molecule has 0 radical (unpaired) electrons. The van der Waals surface area contributed by atoms with Gasteiger partial charge in [-0.1, -0.05) is 81.5 Å². The number of hydrogen-bond donors (Lipinski definition) is 1. The van der Waals surface area contributed by atoms with Gasteiger partial charge in [-0.05, 0) is 44.5 Å². The SMILES string of the molecule is CC(C)(C)c1c(C=N)c(C2C=Cc3ccccc32)cc2ccccc12. The number of rotatable bonds is 2. The average molecular weight is 325 g/mol. The quantitative estimate of drug-likeness (QED) is 0.535. The fourth-order valence-electron chi connectivity index (χ4n) is 4.13. The summed E-state index contributed by atoms with van der Waals surface area (Å²) in [4.78, 5) is 0. The maximum absolute atomic E-state index is 8.18. The Morgan fingerprint density at radius 1 is 0.920 bits per heavy atom. The fourth-order valence-corrected chi connectivity index (χ4v) is 4.13. The Bertz CT molecular complexity index is 1000. The summed E-state index contributed by atoms with van der Waals surface area (Å²) < 4.78 is 0. The molecule has 3 aromatic carbocycles. The Morgan fingerprint density at radius 2 is 1.64 bits per heavy atom. The molecule has 0 aromatic heterocycles. The predicted molar refractivity (Wildman–Crippen MR) is 108 cm³/mol. The molecular formula is C24H23N. The van der Waals surface area contributed by atoms with Gasteiger partial charge in [0.15, 0.2) is 0 Å². The third-order valence-electron chi connectivity index (χ3n) is 5.15. The Labute approximate surface area is 149 Å². The molecule has 0 bridgehead atoms. The van der Waals surface area contributed by atoms with Crippen LogP contribution in [-0.4, -0.2) is 6.21 Å². The van der Waals surface area contributed by atoms with E-state index in [1.54, 1.807) is 6.21 Å². The number of allylic oxidation sites excluding steroid dienone is 1. The first-order valence-corrected chi connectivity index (χ1v) is 8.84. The van der Waals surface area contributed by atoms with Crippen molar-refractivity contribution in [2.24, 2.45) is 0 Å². The average Bonchev–Trinajstić information content (AvgIpc) is 3.03. The molecule has 0 amide bonds. The van der Waals surface area contributed by atoms with E-state index in [1.807, 2.05) is 0 Å². The topological polar surface area (TPSA) is 23.9 Å². The Morgan fingerprint density at radius 3 is 2.40 bits per heavy atom. The van der Waals surface area contributed by atoms with Crippen molar-refractivity contribution in [2.45, 2.75) is 32.1 Å². The smallest absolute Gasteiger partial charge is 0.0285 e. The summed E-state index contributed by atoms with van der Waals surface area (Å²) in [5.41, 5.74) is 6.17. The van der Waals surface area contributed by atoms with Crippen LogP contribution in [0.4, 0.5) is 0 Å². The van der Waals surface area contributed by atoms with Crippen LogP contribution in [0.1, 0.15) is 54.5 Å². The molecule has 0 saturated carbocycles. The van der Waals surface area contributed by atoms with Crippen LogP contribution in [0.2, 0.25) is 0 Å². The van der Waals surface area contributed by atoms with Crippen LogP contribution in [0.3, 0.4) is 0 Å². The van der Waals surface area contributed by atoms with Crippen LogP contribution in [-0.2, 0) is 5.41 Å². The normalized spacial score (nSPS) is 16.2. The zero-order valence-corrected chi connectivity index (χ0v) is 15.0. The van der Waals surface area contributed by atoms with E-state index in [4.69, 9.17) is 5.41 Å². The van der Waals surface area contributed by atoms with Crippen LogP contribution >= 0.6 is 0 Å². The van der Waals surface area contributed by atoms with Crippen LogP contribution < -0.4 is 0 Å². The first-order chi connectivity index (χ1) is 12.0. The molecule has 0 fully saturated rings.